The van der Waals surface area contributed by atoms with Crippen molar-refractivity contribution in [2.75, 3.05) is 12.3 Å². The van der Waals surface area contributed by atoms with E-state index in [-0.39, 0.29) is 6.04 Å². The number of nitrogens with two attached hydrogens (primary N) is 1. The van der Waals surface area contributed by atoms with Gasteiger partial charge in [-0.3, -0.25) is 0 Å². The first-order valence-corrected chi connectivity index (χ1v) is 7.43. The predicted octanol–water partition coefficient (Wildman–Crippen LogP) is 0.443. The van der Waals surface area contributed by atoms with E-state index in [0.29, 0.717) is 24.1 Å². The van der Waals surface area contributed by atoms with Crippen molar-refractivity contribution in [2.45, 2.75) is 38.1 Å². The Bertz CT molecular complexity index is 311. The Morgan fingerprint density at radius 3 is 2.33 bits per heavy atom. The fraction of sp³-hybridized carbons (Fsp3) is 1.00. The van der Waals surface area contributed by atoms with Gasteiger partial charge in [0.25, 0.3) is 0 Å². The highest BCUT2D eigenvalue weighted by atomic mass is 32.2. The van der Waals surface area contributed by atoms with Crippen LogP contribution in [-0.2, 0) is 10.0 Å². The lowest BCUT2D eigenvalue weighted by atomic mass is 10.1. The van der Waals surface area contributed by atoms with Crippen molar-refractivity contribution in [3.8, 4) is 0 Å². The molecule has 0 heterocycles. The summed E-state index contributed by atoms with van der Waals surface area (Å²) in [5.41, 5.74) is 5.78. The number of hydrogen-bond donors (Lipinski definition) is 2. The van der Waals surface area contributed by atoms with Crippen molar-refractivity contribution in [1.29, 1.82) is 0 Å². The molecule has 0 aliphatic heterocycles. The Balaban J connectivity index is 1.72. The second-order valence-electron chi connectivity index (χ2n) is 5.01. The van der Waals surface area contributed by atoms with Crippen LogP contribution in [0.5, 0.6) is 0 Å². The van der Waals surface area contributed by atoms with Gasteiger partial charge in [-0.25, -0.2) is 13.1 Å². The van der Waals surface area contributed by atoms with E-state index in [1.165, 1.54) is 0 Å². The summed E-state index contributed by atoms with van der Waals surface area (Å²) in [6, 6.07) is 0.280. The van der Waals surface area contributed by atoms with E-state index < -0.39 is 10.0 Å². The van der Waals surface area contributed by atoms with Gasteiger partial charge in [0.2, 0.25) is 10.0 Å². The topological polar surface area (TPSA) is 72.2 Å². The normalized spacial score (nSPS) is 32.1. The van der Waals surface area contributed by atoms with Crippen LogP contribution in [-0.4, -0.2) is 26.8 Å². The van der Waals surface area contributed by atoms with E-state index in [2.05, 4.69) is 4.72 Å². The molecule has 2 saturated carbocycles. The molecule has 2 aliphatic carbocycles. The minimum absolute atomic E-state index is 0.280. The van der Waals surface area contributed by atoms with Gasteiger partial charge in [0.1, 0.15) is 0 Å². The highest BCUT2D eigenvalue weighted by molar-refractivity contribution is 7.89. The summed E-state index contributed by atoms with van der Waals surface area (Å²) in [5.74, 6) is 1.20. The zero-order chi connectivity index (χ0) is 10.9. The minimum atomic E-state index is -3.01. The van der Waals surface area contributed by atoms with Gasteiger partial charge < -0.3 is 5.73 Å². The molecule has 0 aromatic heterocycles. The van der Waals surface area contributed by atoms with Crippen LogP contribution in [0.15, 0.2) is 0 Å². The fourth-order valence-corrected chi connectivity index (χ4v) is 3.76. The third-order valence-corrected chi connectivity index (χ3v) is 4.84. The molecule has 2 fully saturated rings. The summed E-state index contributed by atoms with van der Waals surface area (Å²) in [5, 5.41) is 0. The van der Waals surface area contributed by atoms with Crippen LogP contribution in [0.25, 0.3) is 0 Å². The van der Waals surface area contributed by atoms with Crippen molar-refractivity contribution in [1.82, 2.24) is 4.72 Å². The number of sulfonamides is 1. The summed E-state index contributed by atoms with van der Waals surface area (Å²) in [6.45, 7) is 0.586. The molecule has 0 bridgehead atoms. The average Bonchev–Trinajstić information content (AvgIpc) is 2.83. The molecule has 0 saturated heterocycles. The molecule has 0 amide bonds. The van der Waals surface area contributed by atoms with Gasteiger partial charge in [-0.05, 0) is 43.9 Å². The lowest BCUT2D eigenvalue weighted by Crippen LogP contribution is -2.31. The van der Waals surface area contributed by atoms with E-state index in [9.17, 15) is 8.42 Å². The first kappa shape index (κ1) is 11.4. The quantitative estimate of drug-likeness (QED) is 0.722. The Morgan fingerprint density at radius 1 is 1.13 bits per heavy atom. The summed E-state index contributed by atoms with van der Waals surface area (Å²) in [6.07, 6.45) is 5.22. The Kier molecular flexibility index (Phi) is 3.33. The highest BCUT2D eigenvalue weighted by Gasteiger charge is 2.29. The van der Waals surface area contributed by atoms with Crippen LogP contribution in [0.3, 0.4) is 0 Å². The molecular formula is C10H20N2O2S. The third-order valence-electron chi connectivity index (χ3n) is 3.33. The molecule has 4 nitrogen and oxygen atoms in total. The van der Waals surface area contributed by atoms with E-state index in [4.69, 9.17) is 5.73 Å². The first-order valence-electron chi connectivity index (χ1n) is 5.78. The van der Waals surface area contributed by atoms with Crippen LogP contribution < -0.4 is 10.5 Å². The molecular weight excluding hydrogens is 212 g/mol. The second kappa shape index (κ2) is 4.39. The molecule has 2 unspecified atom stereocenters. The third kappa shape index (κ3) is 3.74. The standard InChI is InChI=1S/C10H20N2O2S/c11-10-4-3-9(5-10)6-12-15(13,14)7-8-1-2-8/h8-10,12H,1-7,11H2. The van der Waals surface area contributed by atoms with Crippen molar-refractivity contribution >= 4 is 10.0 Å². The van der Waals surface area contributed by atoms with Crippen molar-refractivity contribution in [3.63, 3.8) is 0 Å². The van der Waals surface area contributed by atoms with E-state index in [1.807, 2.05) is 0 Å². The summed E-state index contributed by atoms with van der Waals surface area (Å²) in [7, 11) is -3.01. The summed E-state index contributed by atoms with van der Waals surface area (Å²) in [4.78, 5) is 0. The monoisotopic (exact) mass is 232 g/mol. The molecule has 0 spiro atoms. The number of rotatable bonds is 5. The zero-order valence-corrected chi connectivity index (χ0v) is 9.80. The maximum absolute atomic E-state index is 11.6. The summed E-state index contributed by atoms with van der Waals surface area (Å²) >= 11 is 0. The van der Waals surface area contributed by atoms with Crippen molar-refractivity contribution in [3.05, 3.63) is 0 Å². The van der Waals surface area contributed by atoms with Crippen LogP contribution >= 0.6 is 0 Å². The molecule has 2 rings (SSSR count). The van der Waals surface area contributed by atoms with Crippen LogP contribution in [0.2, 0.25) is 0 Å². The average molecular weight is 232 g/mol. The van der Waals surface area contributed by atoms with E-state index >= 15 is 0 Å². The Hall–Kier alpha value is -0.130. The highest BCUT2D eigenvalue weighted by Crippen LogP contribution is 2.30. The van der Waals surface area contributed by atoms with Crippen LogP contribution in [0, 0.1) is 11.8 Å². The minimum Gasteiger partial charge on any atom is -0.328 e. The lowest BCUT2D eigenvalue weighted by molar-refractivity contribution is 0.511. The van der Waals surface area contributed by atoms with Gasteiger partial charge in [0, 0.05) is 12.6 Å². The van der Waals surface area contributed by atoms with Gasteiger partial charge in [-0.2, -0.15) is 0 Å². The molecule has 0 radical (unpaired) electrons. The van der Waals surface area contributed by atoms with Gasteiger partial charge in [0.15, 0.2) is 0 Å². The van der Waals surface area contributed by atoms with Crippen molar-refractivity contribution in [2.24, 2.45) is 17.6 Å². The maximum atomic E-state index is 11.6. The SMILES string of the molecule is NC1CCC(CNS(=O)(=O)CC2CC2)C1. The van der Waals surface area contributed by atoms with Gasteiger partial charge in [-0.15, -0.1) is 0 Å². The molecule has 3 N–H and O–H groups in total. The Morgan fingerprint density at radius 2 is 1.80 bits per heavy atom. The van der Waals surface area contributed by atoms with Crippen LogP contribution in [0.4, 0.5) is 0 Å². The molecule has 2 atom stereocenters. The van der Waals surface area contributed by atoms with Crippen LogP contribution in [0.1, 0.15) is 32.1 Å². The first-order chi connectivity index (χ1) is 7.05. The lowest BCUT2D eigenvalue weighted by Gasteiger charge is -2.11. The molecule has 2 aliphatic rings. The molecule has 0 aromatic rings. The second-order valence-corrected chi connectivity index (χ2v) is 6.86. The van der Waals surface area contributed by atoms with Gasteiger partial charge in [-0.1, -0.05) is 0 Å². The van der Waals surface area contributed by atoms with Gasteiger partial charge >= 0.3 is 0 Å². The Labute approximate surface area is 91.7 Å². The fourth-order valence-electron chi connectivity index (χ4n) is 2.20. The van der Waals surface area contributed by atoms with Crippen molar-refractivity contribution < 1.29 is 8.42 Å². The zero-order valence-electron chi connectivity index (χ0n) is 8.98. The maximum Gasteiger partial charge on any atom is 0.211 e. The van der Waals surface area contributed by atoms with E-state index in [1.54, 1.807) is 0 Å². The van der Waals surface area contributed by atoms with Gasteiger partial charge in [0.05, 0.1) is 5.75 Å². The molecule has 88 valence electrons. The molecule has 5 heteroatoms. The predicted molar refractivity (Wildman–Crippen MR) is 59.8 cm³/mol. The van der Waals surface area contributed by atoms with E-state index in [0.717, 1.165) is 32.1 Å². The summed E-state index contributed by atoms with van der Waals surface area (Å²) < 4.78 is 25.9. The largest absolute Gasteiger partial charge is 0.328 e. The molecule has 15 heavy (non-hydrogen) atoms. The number of nitrogens with one attached hydrogen (secondary N) is 1. The number of hydrogen-bond acceptors (Lipinski definition) is 3. The molecule has 0 aromatic carbocycles. The smallest absolute Gasteiger partial charge is 0.211 e.